The Morgan fingerprint density at radius 1 is 1.40 bits per heavy atom. The molecule has 0 unspecified atom stereocenters. The third kappa shape index (κ3) is 3.78. The van der Waals surface area contributed by atoms with Gasteiger partial charge in [-0.1, -0.05) is 34.5 Å². The molecule has 0 aromatic carbocycles. The van der Waals surface area contributed by atoms with Crippen LogP contribution < -0.4 is 10.2 Å². The van der Waals surface area contributed by atoms with Crippen molar-refractivity contribution in [2.24, 2.45) is 0 Å². The number of carbonyl (C=O) groups is 2. The molecule has 8 nitrogen and oxygen atoms in total. The molecular formula is C18H18Cl2N4O4S2. The number of aryl methyl sites for hydroxylation is 1. The molecule has 0 bridgehead atoms. The number of H-pyrrole nitrogens is 1. The highest BCUT2D eigenvalue weighted by atomic mass is 35.5. The smallest absolute Gasteiger partial charge is 0.338 e. The number of halogens is 2. The number of carboxylic acids is 1. The van der Waals surface area contributed by atoms with E-state index >= 15 is 0 Å². The Kier molecular flexibility index (Phi) is 5.95. The number of anilines is 1. The lowest BCUT2D eigenvalue weighted by Crippen LogP contribution is -2.55. The number of fused-ring (bicyclic) bond motifs is 1. The lowest BCUT2D eigenvalue weighted by molar-refractivity contribution is 0.0540. The standard InChI is InChI=1S/C18H18Cl2N4O4S2/c1-7-11(19)12(20)13(21-7)15(25)22-9-3-4-24(5-10(9)28-2)18-23-16-14(30-18)8(6-29-16)17(26)27/h6,9-10,21H,3-5H2,1-2H3,(H,22,25)(H,26,27)/t9-,10+/m1/s1. The van der Waals surface area contributed by atoms with Gasteiger partial charge in [-0.05, 0) is 13.3 Å². The number of thiazole rings is 1. The van der Waals surface area contributed by atoms with Crippen molar-refractivity contribution in [1.82, 2.24) is 15.3 Å². The lowest BCUT2D eigenvalue weighted by atomic mass is 10.0. The maximum atomic E-state index is 12.7. The highest BCUT2D eigenvalue weighted by molar-refractivity contribution is 7.28. The average molecular weight is 489 g/mol. The van der Waals surface area contributed by atoms with Crippen LogP contribution in [0.5, 0.6) is 0 Å². The van der Waals surface area contributed by atoms with Gasteiger partial charge in [0.1, 0.15) is 10.5 Å². The second-order valence-corrected chi connectivity index (χ2v) is 9.52. The number of thiophene rings is 1. The number of carboxylic acid groups (broad SMARTS) is 1. The highest BCUT2D eigenvalue weighted by Crippen LogP contribution is 2.36. The summed E-state index contributed by atoms with van der Waals surface area (Å²) in [4.78, 5) is 34.3. The number of methoxy groups -OCH3 is 1. The summed E-state index contributed by atoms with van der Waals surface area (Å²) < 4.78 is 6.31. The molecule has 0 aliphatic carbocycles. The number of nitrogens with zero attached hydrogens (tertiary/aromatic N) is 2. The number of rotatable bonds is 5. The SMILES string of the molecule is CO[C@H]1CN(c2nc3scc(C(=O)O)c3s2)CC[C@H]1NC(=O)c1[nH]c(C)c(Cl)c1Cl. The second-order valence-electron chi connectivity index (χ2n) is 6.93. The summed E-state index contributed by atoms with van der Waals surface area (Å²) in [5, 5.41) is 15.2. The average Bonchev–Trinajstić information content (AvgIpc) is 3.37. The van der Waals surface area contributed by atoms with Crippen LogP contribution in [0, 0.1) is 6.92 Å². The summed E-state index contributed by atoms with van der Waals surface area (Å²) in [6, 6.07) is -0.215. The number of carbonyl (C=O) groups excluding carboxylic acids is 1. The fourth-order valence-electron chi connectivity index (χ4n) is 3.46. The Morgan fingerprint density at radius 3 is 2.80 bits per heavy atom. The molecule has 4 heterocycles. The molecule has 1 saturated heterocycles. The van der Waals surface area contributed by atoms with E-state index in [0.29, 0.717) is 39.8 Å². The van der Waals surface area contributed by atoms with E-state index in [9.17, 15) is 14.7 Å². The van der Waals surface area contributed by atoms with Crippen LogP contribution in [0.15, 0.2) is 5.38 Å². The maximum Gasteiger partial charge on any atom is 0.338 e. The predicted octanol–water partition coefficient (Wildman–Crippen LogP) is 4.02. The molecule has 160 valence electrons. The van der Waals surface area contributed by atoms with Gasteiger partial charge in [0.15, 0.2) is 5.13 Å². The molecule has 4 rings (SSSR count). The molecule has 3 aromatic heterocycles. The van der Waals surface area contributed by atoms with E-state index in [1.54, 1.807) is 19.4 Å². The summed E-state index contributed by atoms with van der Waals surface area (Å²) in [6.07, 6.45) is 0.364. The van der Waals surface area contributed by atoms with Crippen LogP contribution in [-0.4, -0.2) is 59.3 Å². The number of amides is 1. The van der Waals surface area contributed by atoms with E-state index in [-0.39, 0.29) is 34.3 Å². The van der Waals surface area contributed by atoms with Gasteiger partial charge >= 0.3 is 5.97 Å². The molecule has 30 heavy (non-hydrogen) atoms. The first-order valence-corrected chi connectivity index (χ1v) is 11.5. The number of nitrogens with one attached hydrogen (secondary N) is 2. The number of hydrogen-bond donors (Lipinski definition) is 3. The van der Waals surface area contributed by atoms with Crippen molar-refractivity contribution in [3.05, 3.63) is 32.4 Å². The minimum Gasteiger partial charge on any atom is -0.478 e. The predicted molar refractivity (Wildman–Crippen MR) is 119 cm³/mol. The Morgan fingerprint density at radius 2 is 2.17 bits per heavy atom. The van der Waals surface area contributed by atoms with Crippen LogP contribution in [-0.2, 0) is 4.74 Å². The number of hydrogen-bond acceptors (Lipinski definition) is 7. The van der Waals surface area contributed by atoms with Gasteiger partial charge in [-0.3, -0.25) is 4.79 Å². The van der Waals surface area contributed by atoms with Gasteiger partial charge in [0, 0.05) is 31.3 Å². The van der Waals surface area contributed by atoms with Gasteiger partial charge in [-0.25, -0.2) is 9.78 Å². The fourth-order valence-corrected chi connectivity index (χ4v) is 6.09. The zero-order valence-electron chi connectivity index (χ0n) is 16.0. The van der Waals surface area contributed by atoms with Crippen LogP contribution in [0.2, 0.25) is 10.0 Å². The summed E-state index contributed by atoms with van der Waals surface area (Å²) in [5.41, 5.74) is 1.15. The number of ether oxygens (including phenoxy) is 1. The van der Waals surface area contributed by atoms with E-state index in [2.05, 4.69) is 20.2 Å². The zero-order chi connectivity index (χ0) is 21.6. The Labute approximate surface area is 189 Å². The molecule has 1 aliphatic rings. The summed E-state index contributed by atoms with van der Waals surface area (Å²) in [6.45, 7) is 2.91. The number of aromatic nitrogens is 2. The molecule has 2 atom stereocenters. The van der Waals surface area contributed by atoms with Crippen molar-refractivity contribution in [2.75, 3.05) is 25.1 Å². The topological polar surface area (TPSA) is 108 Å². The fraction of sp³-hybridized carbons (Fsp3) is 0.389. The second kappa shape index (κ2) is 8.35. The first-order chi connectivity index (χ1) is 14.3. The summed E-state index contributed by atoms with van der Waals surface area (Å²) in [5.74, 6) is -1.29. The van der Waals surface area contributed by atoms with Crippen molar-refractivity contribution in [3.63, 3.8) is 0 Å². The maximum absolute atomic E-state index is 12.7. The van der Waals surface area contributed by atoms with E-state index in [0.717, 1.165) is 5.13 Å². The van der Waals surface area contributed by atoms with Gasteiger partial charge in [0.2, 0.25) is 0 Å². The molecule has 1 amide bonds. The van der Waals surface area contributed by atoms with E-state index < -0.39 is 5.97 Å². The minimum atomic E-state index is -0.953. The third-order valence-corrected chi connectivity index (χ3v) is 8.18. The first kappa shape index (κ1) is 21.4. The molecule has 0 spiro atoms. The molecule has 0 saturated carbocycles. The molecule has 1 fully saturated rings. The van der Waals surface area contributed by atoms with Crippen LogP contribution in [0.25, 0.3) is 9.53 Å². The number of aromatic amines is 1. The van der Waals surface area contributed by atoms with E-state index in [1.165, 1.54) is 22.7 Å². The van der Waals surface area contributed by atoms with Crippen molar-refractivity contribution in [1.29, 1.82) is 0 Å². The summed E-state index contributed by atoms with van der Waals surface area (Å²) in [7, 11) is 1.60. The monoisotopic (exact) mass is 488 g/mol. The molecule has 3 aromatic rings. The molecule has 3 N–H and O–H groups in total. The molecule has 12 heteroatoms. The molecular weight excluding hydrogens is 471 g/mol. The largest absolute Gasteiger partial charge is 0.478 e. The quantitative estimate of drug-likeness (QED) is 0.500. The van der Waals surface area contributed by atoms with Crippen LogP contribution >= 0.6 is 45.9 Å². The van der Waals surface area contributed by atoms with Crippen molar-refractivity contribution in [3.8, 4) is 0 Å². The Hall–Kier alpha value is -1.85. The van der Waals surface area contributed by atoms with Crippen LogP contribution in [0.1, 0.15) is 33.0 Å². The lowest BCUT2D eigenvalue weighted by Gasteiger charge is -2.37. The Bertz CT molecular complexity index is 1130. The van der Waals surface area contributed by atoms with Crippen molar-refractivity contribution < 1.29 is 19.4 Å². The highest BCUT2D eigenvalue weighted by Gasteiger charge is 2.33. The van der Waals surface area contributed by atoms with Crippen LogP contribution in [0.4, 0.5) is 5.13 Å². The van der Waals surface area contributed by atoms with Gasteiger partial charge < -0.3 is 25.0 Å². The van der Waals surface area contributed by atoms with Gasteiger partial charge in [0.25, 0.3) is 5.91 Å². The van der Waals surface area contributed by atoms with Crippen molar-refractivity contribution in [2.45, 2.75) is 25.5 Å². The molecule has 0 radical (unpaired) electrons. The first-order valence-electron chi connectivity index (χ1n) is 9.03. The van der Waals surface area contributed by atoms with Gasteiger partial charge in [0.05, 0.1) is 32.5 Å². The molecule has 1 aliphatic heterocycles. The van der Waals surface area contributed by atoms with Crippen LogP contribution in [0.3, 0.4) is 0 Å². The van der Waals surface area contributed by atoms with Crippen molar-refractivity contribution >= 4 is 72.4 Å². The third-order valence-electron chi connectivity index (χ3n) is 5.08. The normalized spacial score (nSPS) is 19.4. The Balaban J connectivity index is 1.48. The zero-order valence-corrected chi connectivity index (χ0v) is 19.1. The minimum absolute atomic E-state index is 0.204. The van der Waals surface area contributed by atoms with Gasteiger partial charge in [-0.15, -0.1) is 11.3 Å². The van der Waals surface area contributed by atoms with Gasteiger partial charge in [-0.2, -0.15) is 0 Å². The van der Waals surface area contributed by atoms with E-state index in [1.807, 2.05) is 0 Å². The van der Waals surface area contributed by atoms with E-state index in [4.69, 9.17) is 27.9 Å². The summed E-state index contributed by atoms with van der Waals surface area (Å²) >= 11 is 14.9. The number of piperidine rings is 1. The number of aromatic carboxylic acids is 1.